The lowest BCUT2D eigenvalue weighted by Gasteiger charge is -2.28. The molecule has 1 N–H and O–H groups in total. The molecule has 4 nitrogen and oxygen atoms in total. The number of benzene rings is 1. The van der Waals surface area contributed by atoms with E-state index in [1.807, 2.05) is 17.0 Å². The van der Waals surface area contributed by atoms with Crippen LogP contribution in [-0.4, -0.2) is 42.1 Å². The van der Waals surface area contributed by atoms with Gasteiger partial charge in [0.25, 0.3) is 0 Å². The van der Waals surface area contributed by atoms with Gasteiger partial charge in [0.15, 0.2) is 0 Å². The smallest absolute Gasteiger partial charge is 0.223 e. The molecule has 21 heavy (non-hydrogen) atoms. The summed E-state index contributed by atoms with van der Waals surface area (Å²) in [6.07, 6.45) is 4.25. The Labute approximate surface area is 126 Å². The minimum absolute atomic E-state index is 0.0929. The van der Waals surface area contributed by atoms with Gasteiger partial charge in [0.05, 0.1) is 6.10 Å². The van der Waals surface area contributed by atoms with Crippen LogP contribution in [-0.2, 0) is 11.2 Å². The standard InChI is InChI=1S/C17H24N2O2/c1-13(20)19-10-7-14-11-15(5-6-16(14)19)17(21)12-18-8-3-2-4-9-18/h5-6,11,17,21H,2-4,7-10,12H2,1H3. The average molecular weight is 288 g/mol. The van der Waals surface area contributed by atoms with Crippen LogP contribution in [0.25, 0.3) is 0 Å². The predicted octanol–water partition coefficient (Wildman–Crippen LogP) is 2.11. The highest BCUT2D eigenvalue weighted by Gasteiger charge is 2.23. The van der Waals surface area contributed by atoms with E-state index in [2.05, 4.69) is 11.0 Å². The quantitative estimate of drug-likeness (QED) is 0.926. The fourth-order valence-electron chi connectivity index (χ4n) is 3.45. The second-order valence-corrected chi connectivity index (χ2v) is 6.19. The van der Waals surface area contributed by atoms with Crippen LogP contribution in [0.5, 0.6) is 0 Å². The van der Waals surface area contributed by atoms with Crippen molar-refractivity contribution in [3.63, 3.8) is 0 Å². The Bertz CT molecular complexity index is 524. The monoisotopic (exact) mass is 288 g/mol. The van der Waals surface area contributed by atoms with E-state index in [1.54, 1.807) is 6.92 Å². The third-order valence-electron chi connectivity index (χ3n) is 4.64. The molecule has 1 amide bonds. The van der Waals surface area contributed by atoms with Gasteiger partial charge in [-0.25, -0.2) is 0 Å². The number of aliphatic hydroxyl groups is 1. The molecule has 0 spiro atoms. The third-order valence-corrected chi connectivity index (χ3v) is 4.64. The lowest BCUT2D eigenvalue weighted by Crippen LogP contribution is -2.33. The van der Waals surface area contributed by atoms with Crippen LogP contribution >= 0.6 is 0 Å². The Morgan fingerprint density at radius 2 is 2.00 bits per heavy atom. The number of amides is 1. The summed E-state index contributed by atoms with van der Waals surface area (Å²) in [5.74, 6) is 0.0929. The molecule has 0 bridgehead atoms. The number of β-amino-alcohol motifs (C(OH)–C–C–N with tert-alkyl or cyclic N) is 1. The molecule has 1 atom stereocenters. The van der Waals surface area contributed by atoms with Gasteiger partial charge in [-0.2, -0.15) is 0 Å². The number of likely N-dealkylation sites (tertiary alicyclic amines) is 1. The maximum atomic E-state index is 11.6. The van der Waals surface area contributed by atoms with Crippen LogP contribution < -0.4 is 4.90 Å². The van der Waals surface area contributed by atoms with Crippen molar-refractivity contribution in [1.29, 1.82) is 0 Å². The van der Waals surface area contributed by atoms with Crippen molar-refractivity contribution >= 4 is 11.6 Å². The largest absolute Gasteiger partial charge is 0.387 e. The number of carbonyl (C=O) groups is 1. The number of rotatable bonds is 3. The Morgan fingerprint density at radius 1 is 1.24 bits per heavy atom. The molecule has 1 aromatic carbocycles. The summed E-state index contributed by atoms with van der Waals surface area (Å²) >= 11 is 0. The maximum Gasteiger partial charge on any atom is 0.223 e. The Hall–Kier alpha value is -1.39. The van der Waals surface area contributed by atoms with E-state index >= 15 is 0 Å². The van der Waals surface area contributed by atoms with Crippen molar-refractivity contribution in [3.05, 3.63) is 29.3 Å². The van der Waals surface area contributed by atoms with E-state index in [0.29, 0.717) is 0 Å². The van der Waals surface area contributed by atoms with E-state index in [1.165, 1.54) is 24.8 Å². The van der Waals surface area contributed by atoms with Gasteiger partial charge < -0.3 is 14.9 Å². The number of carbonyl (C=O) groups excluding carboxylic acids is 1. The number of nitrogens with zero attached hydrogens (tertiary/aromatic N) is 2. The van der Waals surface area contributed by atoms with Crippen molar-refractivity contribution in [2.75, 3.05) is 31.1 Å². The fraction of sp³-hybridized carbons (Fsp3) is 0.588. The van der Waals surface area contributed by atoms with E-state index in [-0.39, 0.29) is 5.91 Å². The molecule has 1 aromatic rings. The molecule has 1 unspecified atom stereocenters. The maximum absolute atomic E-state index is 11.6. The lowest BCUT2D eigenvalue weighted by molar-refractivity contribution is -0.116. The van der Waals surface area contributed by atoms with Crippen molar-refractivity contribution in [2.24, 2.45) is 0 Å². The average Bonchev–Trinajstić information content (AvgIpc) is 2.91. The van der Waals surface area contributed by atoms with Gasteiger partial charge >= 0.3 is 0 Å². The number of anilines is 1. The van der Waals surface area contributed by atoms with Crippen LogP contribution in [0.4, 0.5) is 5.69 Å². The number of aliphatic hydroxyl groups excluding tert-OH is 1. The van der Waals surface area contributed by atoms with Gasteiger partial charge in [-0.1, -0.05) is 18.6 Å². The summed E-state index contributed by atoms with van der Waals surface area (Å²) in [5.41, 5.74) is 3.17. The number of hydrogen-bond donors (Lipinski definition) is 1. The summed E-state index contributed by atoms with van der Waals surface area (Å²) in [5, 5.41) is 10.5. The van der Waals surface area contributed by atoms with Crippen LogP contribution in [0.3, 0.4) is 0 Å². The van der Waals surface area contributed by atoms with Crippen LogP contribution in [0.15, 0.2) is 18.2 Å². The minimum Gasteiger partial charge on any atom is -0.387 e. The molecule has 0 aliphatic carbocycles. The highest BCUT2D eigenvalue weighted by Crippen LogP contribution is 2.31. The lowest BCUT2D eigenvalue weighted by atomic mass is 10.0. The van der Waals surface area contributed by atoms with Gasteiger partial charge in [0, 0.05) is 25.7 Å². The van der Waals surface area contributed by atoms with Gasteiger partial charge in [0.1, 0.15) is 0 Å². The summed E-state index contributed by atoms with van der Waals surface area (Å²) in [7, 11) is 0. The zero-order chi connectivity index (χ0) is 14.8. The SMILES string of the molecule is CC(=O)N1CCc2cc(C(O)CN3CCCCC3)ccc21. The normalized spacial score (nSPS) is 20.4. The molecule has 0 radical (unpaired) electrons. The number of hydrogen-bond acceptors (Lipinski definition) is 3. The molecule has 2 aliphatic rings. The molecule has 2 heterocycles. The highest BCUT2D eigenvalue weighted by atomic mass is 16.3. The summed E-state index contributed by atoms with van der Waals surface area (Å²) in [6, 6.07) is 6.03. The van der Waals surface area contributed by atoms with Gasteiger partial charge in [-0.05, 0) is 49.5 Å². The fourth-order valence-corrected chi connectivity index (χ4v) is 3.45. The predicted molar refractivity (Wildman–Crippen MR) is 83.4 cm³/mol. The van der Waals surface area contributed by atoms with Crippen molar-refractivity contribution in [1.82, 2.24) is 4.90 Å². The molecular weight excluding hydrogens is 264 g/mol. The summed E-state index contributed by atoms with van der Waals surface area (Å²) in [4.78, 5) is 15.7. The molecule has 4 heteroatoms. The number of piperidine rings is 1. The zero-order valence-electron chi connectivity index (χ0n) is 12.7. The molecule has 2 aliphatic heterocycles. The second kappa shape index (κ2) is 6.16. The van der Waals surface area contributed by atoms with E-state index in [4.69, 9.17) is 0 Å². The van der Waals surface area contributed by atoms with Crippen LogP contribution in [0, 0.1) is 0 Å². The molecule has 1 saturated heterocycles. The van der Waals surface area contributed by atoms with Gasteiger partial charge in [0.2, 0.25) is 5.91 Å². The second-order valence-electron chi connectivity index (χ2n) is 6.19. The van der Waals surface area contributed by atoms with E-state index in [0.717, 1.165) is 43.9 Å². The Morgan fingerprint density at radius 3 is 2.71 bits per heavy atom. The third kappa shape index (κ3) is 3.11. The summed E-state index contributed by atoms with van der Waals surface area (Å²) in [6.45, 7) is 5.28. The molecule has 0 saturated carbocycles. The highest BCUT2D eigenvalue weighted by molar-refractivity contribution is 5.93. The van der Waals surface area contributed by atoms with E-state index < -0.39 is 6.10 Å². The van der Waals surface area contributed by atoms with E-state index in [9.17, 15) is 9.90 Å². The first-order valence-electron chi connectivity index (χ1n) is 7.96. The molecular formula is C17H24N2O2. The topological polar surface area (TPSA) is 43.8 Å². The van der Waals surface area contributed by atoms with Gasteiger partial charge in [-0.3, -0.25) is 4.79 Å². The molecule has 0 aromatic heterocycles. The zero-order valence-corrected chi connectivity index (χ0v) is 12.7. The number of fused-ring (bicyclic) bond motifs is 1. The molecule has 1 fully saturated rings. The van der Waals surface area contributed by atoms with Gasteiger partial charge in [-0.15, -0.1) is 0 Å². The minimum atomic E-state index is -0.431. The van der Waals surface area contributed by atoms with Crippen molar-refractivity contribution < 1.29 is 9.90 Å². The molecule has 114 valence electrons. The van der Waals surface area contributed by atoms with Crippen LogP contribution in [0.2, 0.25) is 0 Å². The summed E-state index contributed by atoms with van der Waals surface area (Å²) < 4.78 is 0. The first-order valence-corrected chi connectivity index (χ1v) is 7.96. The van der Waals surface area contributed by atoms with Crippen molar-refractivity contribution in [2.45, 2.75) is 38.7 Å². The van der Waals surface area contributed by atoms with Crippen molar-refractivity contribution in [3.8, 4) is 0 Å². The van der Waals surface area contributed by atoms with Crippen LogP contribution in [0.1, 0.15) is 43.4 Å². The first kappa shape index (κ1) is 14.5. The first-order chi connectivity index (χ1) is 10.1. The molecule has 3 rings (SSSR count). The Kier molecular flexibility index (Phi) is 4.27. The Balaban J connectivity index is 1.70.